The number of benzene rings is 1. The molecule has 2 aromatic rings. The van der Waals surface area contributed by atoms with Gasteiger partial charge >= 0.3 is 5.97 Å². The van der Waals surface area contributed by atoms with Gasteiger partial charge in [0.1, 0.15) is 17.1 Å². The van der Waals surface area contributed by atoms with Crippen LogP contribution in [0.3, 0.4) is 0 Å². The standard InChI is InChI=1S/C28H41N3O3/c1-7-9-10-11-16-25(32)34-28(5,6)18-20(3)17-22(19-33-8-2)30-26-21(4)23-14-12-13-15-24(23)31-27(26)29/h12-15,17H,7-11,16,18-19H2,1-6H3,(H2,29,31)/b20-17-,30-22+. The van der Waals surface area contributed by atoms with Gasteiger partial charge in [-0.3, -0.25) is 4.79 Å². The van der Waals surface area contributed by atoms with Gasteiger partial charge in [-0.25, -0.2) is 9.98 Å². The largest absolute Gasteiger partial charge is 0.459 e. The molecule has 0 aliphatic carbocycles. The Morgan fingerprint density at radius 2 is 1.91 bits per heavy atom. The van der Waals surface area contributed by atoms with Gasteiger partial charge in [-0.15, -0.1) is 0 Å². The molecule has 0 saturated carbocycles. The summed E-state index contributed by atoms with van der Waals surface area (Å²) in [6.07, 6.45) is 7.31. The molecule has 0 aliphatic heterocycles. The summed E-state index contributed by atoms with van der Waals surface area (Å²) >= 11 is 0. The summed E-state index contributed by atoms with van der Waals surface area (Å²) in [4.78, 5) is 21.7. The van der Waals surface area contributed by atoms with Crippen molar-refractivity contribution in [3.05, 3.63) is 41.5 Å². The van der Waals surface area contributed by atoms with E-state index in [4.69, 9.17) is 20.2 Å². The summed E-state index contributed by atoms with van der Waals surface area (Å²) < 4.78 is 11.4. The van der Waals surface area contributed by atoms with Crippen LogP contribution in [0.4, 0.5) is 11.5 Å². The number of ether oxygens (including phenoxy) is 2. The zero-order chi connectivity index (χ0) is 25.1. The lowest BCUT2D eigenvalue weighted by Crippen LogP contribution is -2.28. The van der Waals surface area contributed by atoms with E-state index in [1.54, 1.807) is 0 Å². The van der Waals surface area contributed by atoms with E-state index in [1.807, 2.05) is 65.0 Å². The number of anilines is 1. The van der Waals surface area contributed by atoms with Crippen LogP contribution in [0.15, 0.2) is 40.9 Å². The predicted molar refractivity (Wildman–Crippen MR) is 142 cm³/mol. The third-order valence-corrected chi connectivity index (χ3v) is 5.60. The van der Waals surface area contributed by atoms with E-state index in [2.05, 4.69) is 11.9 Å². The summed E-state index contributed by atoms with van der Waals surface area (Å²) in [5.74, 6) is 0.260. The summed E-state index contributed by atoms with van der Waals surface area (Å²) in [5, 5.41) is 1.03. The van der Waals surface area contributed by atoms with Gasteiger partial charge in [0.05, 0.1) is 17.8 Å². The Morgan fingerprint density at radius 1 is 1.18 bits per heavy atom. The van der Waals surface area contributed by atoms with Gasteiger partial charge in [0.15, 0.2) is 0 Å². The van der Waals surface area contributed by atoms with Crippen LogP contribution in [0.2, 0.25) is 0 Å². The van der Waals surface area contributed by atoms with Gasteiger partial charge in [0.25, 0.3) is 0 Å². The SMILES string of the molecule is CCCCCCC(=O)OC(C)(C)C/C(C)=C\C(COCC)=N/c1c(N)nc2ccccc2c1C. The number of aromatic nitrogens is 1. The van der Waals surface area contributed by atoms with Gasteiger partial charge in [-0.2, -0.15) is 0 Å². The second-order valence-electron chi connectivity index (χ2n) is 9.44. The Balaban J connectivity index is 2.21. The summed E-state index contributed by atoms with van der Waals surface area (Å²) in [6.45, 7) is 13.0. The highest BCUT2D eigenvalue weighted by Crippen LogP contribution is 2.31. The number of rotatable bonds is 13. The number of unbranched alkanes of at least 4 members (excludes halogenated alkanes) is 3. The maximum Gasteiger partial charge on any atom is 0.306 e. The fourth-order valence-electron chi connectivity index (χ4n) is 4.09. The first-order valence-electron chi connectivity index (χ1n) is 12.4. The van der Waals surface area contributed by atoms with E-state index in [0.29, 0.717) is 37.6 Å². The third kappa shape index (κ3) is 8.56. The lowest BCUT2D eigenvalue weighted by Gasteiger charge is -2.25. The molecule has 34 heavy (non-hydrogen) atoms. The molecule has 0 saturated heterocycles. The normalized spacial score (nSPS) is 12.9. The van der Waals surface area contributed by atoms with Gasteiger partial charge in [-0.1, -0.05) is 50.0 Å². The van der Waals surface area contributed by atoms with E-state index in [9.17, 15) is 4.79 Å². The number of carbonyl (C=O) groups is 1. The molecule has 1 aromatic heterocycles. The molecule has 0 atom stereocenters. The van der Waals surface area contributed by atoms with Crippen LogP contribution in [0.5, 0.6) is 0 Å². The number of nitrogen functional groups attached to an aromatic ring is 1. The van der Waals surface area contributed by atoms with Crippen LogP contribution in [0, 0.1) is 6.92 Å². The Morgan fingerprint density at radius 3 is 2.62 bits per heavy atom. The lowest BCUT2D eigenvalue weighted by molar-refractivity contribution is -0.156. The van der Waals surface area contributed by atoms with Crippen LogP contribution in [-0.4, -0.2) is 35.5 Å². The minimum Gasteiger partial charge on any atom is -0.459 e. The molecule has 186 valence electrons. The molecule has 1 aromatic carbocycles. The zero-order valence-electron chi connectivity index (χ0n) is 21.7. The molecule has 2 rings (SSSR count). The van der Waals surface area contributed by atoms with Crippen LogP contribution >= 0.6 is 0 Å². The predicted octanol–water partition coefficient (Wildman–Crippen LogP) is 6.86. The summed E-state index contributed by atoms with van der Waals surface area (Å²) in [6, 6.07) is 7.91. The van der Waals surface area contributed by atoms with Crippen molar-refractivity contribution >= 4 is 34.1 Å². The minimum atomic E-state index is -0.599. The number of para-hydroxylation sites is 1. The van der Waals surface area contributed by atoms with Gasteiger partial charge in [0.2, 0.25) is 0 Å². The first kappa shape index (κ1) is 27.5. The number of pyridine rings is 1. The molecule has 0 spiro atoms. The van der Waals surface area contributed by atoms with Crippen LogP contribution < -0.4 is 5.73 Å². The number of esters is 1. The van der Waals surface area contributed by atoms with Crippen molar-refractivity contribution in [3.63, 3.8) is 0 Å². The van der Waals surface area contributed by atoms with E-state index in [0.717, 1.165) is 53.4 Å². The quantitative estimate of drug-likeness (QED) is 0.197. The van der Waals surface area contributed by atoms with Crippen molar-refractivity contribution < 1.29 is 14.3 Å². The van der Waals surface area contributed by atoms with E-state index < -0.39 is 5.60 Å². The number of hydrogen-bond acceptors (Lipinski definition) is 6. The first-order valence-corrected chi connectivity index (χ1v) is 12.4. The van der Waals surface area contributed by atoms with Crippen molar-refractivity contribution in [3.8, 4) is 0 Å². The summed E-state index contributed by atoms with van der Waals surface area (Å²) in [7, 11) is 0. The fourth-order valence-corrected chi connectivity index (χ4v) is 4.09. The third-order valence-electron chi connectivity index (χ3n) is 5.60. The number of aliphatic imine (C=N–C) groups is 1. The average Bonchev–Trinajstić information content (AvgIpc) is 2.76. The van der Waals surface area contributed by atoms with Crippen molar-refractivity contribution in [2.24, 2.45) is 4.99 Å². The lowest BCUT2D eigenvalue weighted by atomic mass is 9.98. The number of nitrogens with zero attached hydrogens (tertiary/aromatic N) is 2. The Kier molecular flexibility index (Phi) is 10.7. The highest BCUT2D eigenvalue weighted by atomic mass is 16.6. The van der Waals surface area contributed by atoms with Gasteiger partial charge in [-0.05, 0) is 58.7 Å². The molecular formula is C28H41N3O3. The average molecular weight is 468 g/mol. The molecule has 0 aliphatic rings. The molecule has 2 N–H and O–H groups in total. The second-order valence-corrected chi connectivity index (χ2v) is 9.44. The number of aryl methyl sites for hydroxylation is 1. The molecule has 0 unspecified atom stereocenters. The van der Waals surface area contributed by atoms with E-state index in [1.165, 1.54) is 0 Å². The topological polar surface area (TPSA) is 86.8 Å². The minimum absolute atomic E-state index is 0.136. The highest BCUT2D eigenvalue weighted by Gasteiger charge is 2.23. The van der Waals surface area contributed by atoms with Crippen molar-refractivity contribution in [2.45, 2.75) is 85.7 Å². The molecule has 6 nitrogen and oxygen atoms in total. The molecule has 0 radical (unpaired) electrons. The number of hydrogen-bond donors (Lipinski definition) is 1. The molecule has 0 amide bonds. The highest BCUT2D eigenvalue weighted by molar-refractivity contribution is 6.00. The number of carbonyl (C=O) groups excluding carboxylic acids is 1. The maximum absolute atomic E-state index is 12.3. The van der Waals surface area contributed by atoms with E-state index >= 15 is 0 Å². The maximum atomic E-state index is 12.3. The molecular weight excluding hydrogens is 426 g/mol. The van der Waals surface area contributed by atoms with Crippen LogP contribution in [0.1, 0.15) is 78.7 Å². The smallest absolute Gasteiger partial charge is 0.306 e. The first-order chi connectivity index (χ1) is 16.2. The number of nitrogens with two attached hydrogens (primary N) is 1. The van der Waals surface area contributed by atoms with Crippen molar-refractivity contribution in [1.82, 2.24) is 4.98 Å². The molecule has 0 fully saturated rings. The van der Waals surface area contributed by atoms with Gasteiger partial charge in [0, 0.05) is 24.8 Å². The van der Waals surface area contributed by atoms with Crippen LogP contribution in [0.25, 0.3) is 10.9 Å². The van der Waals surface area contributed by atoms with E-state index in [-0.39, 0.29) is 5.97 Å². The fraction of sp³-hybridized carbons (Fsp3) is 0.536. The summed E-state index contributed by atoms with van der Waals surface area (Å²) in [5.41, 5.74) is 9.98. The van der Waals surface area contributed by atoms with Crippen molar-refractivity contribution in [1.29, 1.82) is 0 Å². The Labute approximate surface area is 204 Å². The molecule has 0 bridgehead atoms. The van der Waals surface area contributed by atoms with Crippen LogP contribution in [-0.2, 0) is 14.3 Å². The second kappa shape index (κ2) is 13.2. The molecule has 1 heterocycles. The van der Waals surface area contributed by atoms with Crippen molar-refractivity contribution in [2.75, 3.05) is 18.9 Å². The Hall–Kier alpha value is -2.73. The monoisotopic (exact) mass is 467 g/mol. The number of fused-ring (bicyclic) bond motifs is 1. The van der Waals surface area contributed by atoms with Gasteiger partial charge < -0.3 is 15.2 Å². The zero-order valence-corrected chi connectivity index (χ0v) is 21.7. The molecule has 6 heteroatoms. The Bertz CT molecular complexity index is 1020.